The van der Waals surface area contributed by atoms with Crippen LogP contribution in [0.1, 0.15) is 21.6 Å². The number of hydrogen-bond donors (Lipinski definition) is 0. The molecule has 0 fully saturated rings. The molecule has 0 saturated heterocycles. The first-order valence-corrected chi connectivity index (χ1v) is 8.65. The summed E-state index contributed by atoms with van der Waals surface area (Å²) in [5.41, 5.74) is 3.22. The Hall–Kier alpha value is -2.86. The normalized spacial score (nSPS) is 11.7. The van der Waals surface area contributed by atoms with Crippen LogP contribution in [0.4, 0.5) is 0 Å². The molecule has 0 atom stereocenters. The fourth-order valence-electron chi connectivity index (χ4n) is 2.45. The van der Waals surface area contributed by atoms with Crippen molar-refractivity contribution < 1.29 is 14.3 Å². The van der Waals surface area contributed by atoms with Crippen LogP contribution in [-0.2, 0) is 16.0 Å². The number of carbonyl (C=O) groups excluding carboxylic acids is 2. The van der Waals surface area contributed by atoms with Gasteiger partial charge in [0, 0.05) is 21.6 Å². The number of rotatable bonds is 2. The number of carbonyl (C=O) groups is 2. The van der Waals surface area contributed by atoms with E-state index < -0.39 is 0 Å². The Labute approximate surface area is 158 Å². The number of pyridine rings is 1. The molecule has 2 heterocycles. The minimum absolute atomic E-state index is 0.152. The highest BCUT2D eigenvalue weighted by atomic mass is 79.9. The van der Waals surface area contributed by atoms with Crippen molar-refractivity contribution in [3.63, 3.8) is 0 Å². The smallest absolute Gasteiger partial charge is 0.311 e. The number of nitrogens with zero attached hydrogens (tertiary/aromatic N) is 2. The lowest BCUT2D eigenvalue weighted by Gasteiger charge is -2.01. The van der Waals surface area contributed by atoms with Gasteiger partial charge in [0.1, 0.15) is 0 Å². The zero-order valence-corrected chi connectivity index (χ0v) is 15.6. The van der Waals surface area contributed by atoms with Gasteiger partial charge in [-0.1, -0.05) is 46.3 Å². The van der Waals surface area contributed by atoms with Crippen LogP contribution in [0.25, 0.3) is 10.9 Å². The van der Waals surface area contributed by atoms with Crippen LogP contribution in [0.15, 0.2) is 64.1 Å². The van der Waals surface area contributed by atoms with Crippen LogP contribution in [-0.4, -0.2) is 30.2 Å². The number of methoxy groups -OCH3 is 1. The van der Waals surface area contributed by atoms with Crippen molar-refractivity contribution in [3.8, 4) is 0 Å². The van der Waals surface area contributed by atoms with E-state index in [1.165, 1.54) is 7.11 Å². The van der Waals surface area contributed by atoms with Gasteiger partial charge in [0.2, 0.25) is 0 Å². The van der Waals surface area contributed by atoms with Crippen molar-refractivity contribution in [2.45, 2.75) is 6.42 Å². The second kappa shape index (κ2) is 8.01. The van der Waals surface area contributed by atoms with Crippen molar-refractivity contribution in [2.75, 3.05) is 7.11 Å². The van der Waals surface area contributed by atoms with Crippen LogP contribution in [0, 0.1) is 0 Å². The maximum atomic E-state index is 11.1. The highest BCUT2D eigenvalue weighted by Crippen LogP contribution is 2.19. The number of para-hydroxylation sites is 1. The van der Waals surface area contributed by atoms with E-state index in [0.29, 0.717) is 5.56 Å². The van der Waals surface area contributed by atoms with Gasteiger partial charge < -0.3 is 4.74 Å². The number of esters is 1. The van der Waals surface area contributed by atoms with Gasteiger partial charge in [0.25, 0.3) is 5.91 Å². The standard InChI is InChI=1S/C12H11NO2.C8H4BrNO/c1-15-12(14)8-10-7-6-9-4-2-3-5-11(9)13-10;9-6-2-1-5-4-10-8(11)7(5)3-6/h2-7H,8H2,1H3;1-4H. The van der Waals surface area contributed by atoms with Crippen molar-refractivity contribution in [1.82, 2.24) is 4.98 Å². The van der Waals surface area contributed by atoms with Crippen LogP contribution in [0.2, 0.25) is 0 Å². The Morgan fingerprint density at radius 3 is 2.73 bits per heavy atom. The summed E-state index contributed by atoms with van der Waals surface area (Å²) in [5.74, 6) is -0.418. The maximum absolute atomic E-state index is 11.1. The number of halogens is 1. The van der Waals surface area contributed by atoms with Crippen molar-refractivity contribution in [3.05, 3.63) is 75.9 Å². The van der Waals surface area contributed by atoms with Crippen LogP contribution in [0.5, 0.6) is 0 Å². The van der Waals surface area contributed by atoms with E-state index in [0.717, 1.165) is 26.6 Å². The molecule has 1 aliphatic heterocycles. The van der Waals surface area contributed by atoms with Crippen molar-refractivity contribution in [1.29, 1.82) is 0 Å². The lowest BCUT2D eigenvalue weighted by Crippen LogP contribution is -2.05. The summed E-state index contributed by atoms with van der Waals surface area (Å²) < 4.78 is 5.50. The van der Waals surface area contributed by atoms with E-state index in [1.807, 2.05) is 48.5 Å². The molecule has 6 heteroatoms. The van der Waals surface area contributed by atoms with Crippen molar-refractivity contribution in [2.24, 2.45) is 4.99 Å². The number of aliphatic imine (C=N–C) groups is 1. The van der Waals surface area contributed by atoms with Crippen LogP contribution < -0.4 is 0 Å². The average molecular weight is 411 g/mol. The molecule has 0 spiro atoms. The Balaban J connectivity index is 0.000000158. The molecule has 0 aliphatic carbocycles. The number of benzene rings is 2. The molecule has 1 aliphatic rings. The first-order valence-electron chi connectivity index (χ1n) is 7.86. The highest BCUT2D eigenvalue weighted by molar-refractivity contribution is 9.10. The molecule has 130 valence electrons. The second-order valence-corrected chi connectivity index (χ2v) is 6.46. The predicted octanol–water partition coefficient (Wildman–Crippen LogP) is 3.97. The van der Waals surface area contributed by atoms with E-state index in [4.69, 9.17) is 0 Å². The fraction of sp³-hybridized carbons (Fsp3) is 0.100. The van der Waals surface area contributed by atoms with Gasteiger partial charge >= 0.3 is 5.97 Å². The molecule has 3 aromatic rings. The summed E-state index contributed by atoms with van der Waals surface area (Å²) in [5, 5.41) is 1.08. The SMILES string of the molecule is COC(=O)Cc1ccc2ccccc2n1.O=C1N=Cc2ccc(Br)cc21. The topological polar surface area (TPSA) is 68.6 Å². The number of ether oxygens (including phenoxy) is 1. The van der Waals surface area contributed by atoms with Gasteiger partial charge in [-0.15, -0.1) is 0 Å². The third kappa shape index (κ3) is 4.21. The fourth-order valence-corrected chi connectivity index (χ4v) is 2.81. The molecule has 5 nitrogen and oxygen atoms in total. The van der Waals surface area contributed by atoms with Crippen molar-refractivity contribution >= 4 is 44.9 Å². The molecule has 1 amide bonds. The molecule has 1 aromatic heterocycles. The van der Waals surface area contributed by atoms with Gasteiger partial charge in [-0.25, -0.2) is 4.99 Å². The summed E-state index contributed by atoms with van der Waals surface area (Å²) >= 11 is 3.28. The molecule has 0 N–H and O–H groups in total. The van der Waals surface area contributed by atoms with Gasteiger partial charge in [-0.3, -0.25) is 14.6 Å². The molecular formula is C20H15BrN2O3. The molecule has 0 radical (unpaired) electrons. The molecule has 0 saturated carbocycles. The van der Waals surface area contributed by atoms with E-state index >= 15 is 0 Å². The molecular weight excluding hydrogens is 396 g/mol. The summed E-state index contributed by atoms with van der Waals surface area (Å²) in [6.07, 6.45) is 1.81. The summed E-state index contributed by atoms with van der Waals surface area (Å²) in [6.45, 7) is 0. The Morgan fingerprint density at radius 2 is 1.92 bits per heavy atom. The number of amides is 1. The van der Waals surface area contributed by atoms with Gasteiger partial charge in [0.05, 0.1) is 30.3 Å². The van der Waals surface area contributed by atoms with Crippen LogP contribution >= 0.6 is 15.9 Å². The number of aromatic nitrogens is 1. The summed E-state index contributed by atoms with van der Waals surface area (Å²) in [7, 11) is 1.38. The first-order chi connectivity index (χ1) is 12.6. The van der Waals surface area contributed by atoms with E-state index in [2.05, 4.69) is 30.6 Å². The summed E-state index contributed by atoms with van der Waals surface area (Å²) in [4.78, 5) is 30.1. The van der Waals surface area contributed by atoms with E-state index in [-0.39, 0.29) is 18.3 Å². The van der Waals surface area contributed by atoms with Gasteiger partial charge in [0.15, 0.2) is 0 Å². The first kappa shape index (κ1) is 17.9. The largest absolute Gasteiger partial charge is 0.469 e. The van der Waals surface area contributed by atoms with E-state index in [1.54, 1.807) is 12.3 Å². The second-order valence-electron chi connectivity index (χ2n) is 5.54. The third-order valence-electron chi connectivity index (χ3n) is 3.78. The summed E-state index contributed by atoms with van der Waals surface area (Å²) in [6, 6.07) is 17.2. The molecule has 2 aromatic carbocycles. The predicted molar refractivity (Wildman–Crippen MR) is 104 cm³/mol. The number of hydrogen-bond acceptors (Lipinski definition) is 4. The molecule has 0 unspecified atom stereocenters. The minimum Gasteiger partial charge on any atom is -0.469 e. The zero-order chi connectivity index (χ0) is 18.5. The Kier molecular flexibility index (Phi) is 5.53. The minimum atomic E-state index is -0.266. The third-order valence-corrected chi connectivity index (χ3v) is 4.27. The monoisotopic (exact) mass is 410 g/mol. The number of fused-ring (bicyclic) bond motifs is 2. The lowest BCUT2D eigenvalue weighted by atomic mass is 10.1. The van der Waals surface area contributed by atoms with Gasteiger partial charge in [-0.05, 0) is 24.3 Å². The quantitative estimate of drug-likeness (QED) is 0.599. The van der Waals surface area contributed by atoms with E-state index in [9.17, 15) is 9.59 Å². The molecule has 26 heavy (non-hydrogen) atoms. The zero-order valence-electron chi connectivity index (χ0n) is 14.0. The average Bonchev–Trinajstić information content (AvgIpc) is 3.02. The Bertz CT molecular complexity index is 1010. The maximum Gasteiger partial charge on any atom is 0.311 e. The molecule has 4 rings (SSSR count). The lowest BCUT2D eigenvalue weighted by molar-refractivity contribution is -0.139. The van der Waals surface area contributed by atoms with Gasteiger partial charge in [-0.2, -0.15) is 0 Å². The highest BCUT2D eigenvalue weighted by Gasteiger charge is 2.14. The van der Waals surface area contributed by atoms with Crippen LogP contribution in [0.3, 0.4) is 0 Å². The molecule has 0 bridgehead atoms. The Morgan fingerprint density at radius 1 is 1.12 bits per heavy atom.